The average Bonchev–Trinajstić information content (AvgIpc) is 2.16. The maximum Gasteiger partial charge on any atom is 0.335 e. The number of benzene rings is 1. The van der Waals surface area contributed by atoms with Crippen molar-refractivity contribution in [2.75, 3.05) is 0 Å². The number of aldehydes is 1. The zero-order valence-electron chi connectivity index (χ0n) is 8.54. The second kappa shape index (κ2) is 4.83. The van der Waals surface area contributed by atoms with E-state index >= 15 is 0 Å². The van der Waals surface area contributed by atoms with Crippen LogP contribution in [0.5, 0.6) is 0 Å². The van der Waals surface area contributed by atoms with Crippen LogP contribution in [0, 0.1) is 11.6 Å². The lowest BCUT2D eigenvalue weighted by Crippen LogP contribution is -2.06. The molecule has 1 atom stereocenters. The number of aromatic carboxylic acids is 1. The first-order valence-corrected chi connectivity index (χ1v) is 4.63. The van der Waals surface area contributed by atoms with E-state index in [0.29, 0.717) is 6.29 Å². The monoisotopic (exact) mass is 228 g/mol. The summed E-state index contributed by atoms with van der Waals surface area (Å²) >= 11 is 0. The van der Waals surface area contributed by atoms with Crippen LogP contribution in [0.2, 0.25) is 0 Å². The van der Waals surface area contributed by atoms with E-state index in [9.17, 15) is 18.4 Å². The van der Waals surface area contributed by atoms with Gasteiger partial charge in [-0.15, -0.1) is 0 Å². The Hall–Kier alpha value is -1.78. The van der Waals surface area contributed by atoms with E-state index in [1.54, 1.807) is 0 Å². The molecular weight excluding hydrogens is 218 g/mol. The van der Waals surface area contributed by atoms with Gasteiger partial charge < -0.3 is 9.90 Å². The Morgan fingerprint density at radius 3 is 2.31 bits per heavy atom. The van der Waals surface area contributed by atoms with Gasteiger partial charge in [0, 0.05) is 12.0 Å². The van der Waals surface area contributed by atoms with Gasteiger partial charge in [-0.25, -0.2) is 13.6 Å². The van der Waals surface area contributed by atoms with E-state index in [0.717, 1.165) is 12.1 Å². The van der Waals surface area contributed by atoms with Crippen molar-refractivity contribution >= 4 is 12.3 Å². The van der Waals surface area contributed by atoms with Gasteiger partial charge in [0.25, 0.3) is 0 Å². The van der Waals surface area contributed by atoms with Gasteiger partial charge in [0.15, 0.2) is 0 Å². The fourth-order valence-electron chi connectivity index (χ4n) is 1.44. The highest BCUT2D eigenvalue weighted by Crippen LogP contribution is 2.25. The molecule has 16 heavy (non-hydrogen) atoms. The fraction of sp³-hybridized carbons (Fsp3) is 0.273. The molecule has 0 bridgehead atoms. The molecular formula is C11H10F2O3. The zero-order chi connectivity index (χ0) is 12.3. The number of carbonyl (C=O) groups excluding carboxylic acids is 1. The van der Waals surface area contributed by atoms with Crippen LogP contribution in [0.1, 0.15) is 35.2 Å². The van der Waals surface area contributed by atoms with Gasteiger partial charge in [-0.05, 0) is 18.1 Å². The SMILES string of the molecule is CC(CC=O)c1c(F)cc(C(=O)O)cc1F. The van der Waals surface area contributed by atoms with Gasteiger partial charge in [0.2, 0.25) is 0 Å². The van der Waals surface area contributed by atoms with Gasteiger partial charge in [-0.3, -0.25) is 0 Å². The molecule has 0 saturated carbocycles. The van der Waals surface area contributed by atoms with Gasteiger partial charge in [-0.2, -0.15) is 0 Å². The highest BCUT2D eigenvalue weighted by molar-refractivity contribution is 5.87. The van der Waals surface area contributed by atoms with Gasteiger partial charge >= 0.3 is 5.97 Å². The molecule has 0 aliphatic rings. The Morgan fingerprint density at radius 2 is 1.94 bits per heavy atom. The molecule has 0 aromatic heterocycles. The molecule has 1 rings (SSSR count). The lowest BCUT2D eigenvalue weighted by molar-refractivity contribution is -0.108. The number of carboxylic acid groups (broad SMARTS) is 1. The van der Waals surface area contributed by atoms with Crippen LogP contribution in [0.15, 0.2) is 12.1 Å². The average molecular weight is 228 g/mol. The number of carboxylic acids is 1. The molecule has 0 aliphatic carbocycles. The van der Waals surface area contributed by atoms with Gasteiger partial charge in [-0.1, -0.05) is 6.92 Å². The van der Waals surface area contributed by atoms with Crippen molar-refractivity contribution in [2.45, 2.75) is 19.3 Å². The van der Waals surface area contributed by atoms with E-state index in [1.807, 2.05) is 0 Å². The molecule has 0 fully saturated rings. The predicted molar refractivity (Wildman–Crippen MR) is 52.4 cm³/mol. The Kier molecular flexibility index (Phi) is 3.71. The van der Waals surface area contributed by atoms with Crippen molar-refractivity contribution in [1.29, 1.82) is 0 Å². The third-order valence-corrected chi connectivity index (χ3v) is 2.27. The van der Waals surface area contributed by atoms with Crippen LogP contribution >= 0.6 is 0 Å². The van der Waals surface area contributed by atoms with Crippen LogP contribution in [0.25, 0.3) is 0 Å². The van der Waals surface area contributed by atoms with E-state index in [2.05, 4.69) is 0 Å². The van der Waals surface area contributed by atoms with Crippen molar-refractivity contribution in [3.63, 3.8) is 0 Å². The molecule has 0 spiro atoms. The van der Waals surface area contributed by atoms with Crippen LogP contribution in [-0.4, -0.2) is 17.4 Å². The minimum Gasteiger partial charge on any atom is -0.478 e. The summed E-state index contributed by atoms with van der Waals surface area (Å²) in [6, 6.07) is 1.50. The molecule has 0 amide bonds. The first-order chi connectivity index (χ1) is 7.47. The number of halogens is 2. The second-order valence-electron chi connectivity index (χ2n) is 3.46. The molecule has 86 valence electrons. The first kappa shape index (κ1) is 12.3. The first-order valence-electron chi connectivity index (χ1n) is 4.63. The lowest BCUT2D eigenvalue weighted by atomic mass is 9.96. The van der Waals surface area contributed by atoms with Gasteiger partial charge in [0.05, 0.1) is 5.56 Å². The summed E-state index contributed by atoms with van der Waals surface area (Å²) in [5.41, 5.74) is -0.700. The Morgan fingerprint density at radius 1 is 1.44 bits per heavy atom. The minimum atomic E-state index is -1.40. The summed E-state index contributed by atoms with van der Waals surface area (Å²) in [4.78, 5) is 20.8. The molecule has 0 heterocycles. The molecule has 3 nitrogen and oxygen atoms in total. The predicted octanol–water partition coefficient (Wildman–Crippen LogP) is 2.36. The molecule has 1 unspecified atom stereocenters. The van der Waals surface area contributed by atoms with Crippen LogP contribution in [0.3, 0.4) is 0 Å². The molecule has 1 aromatic carbocycles. The van der Waals surface area contributed by atoms with E-state index in [-0.39, 0.29) is 12.0 Å². The summed E-state index contributed by atoms with van der Waals surface area (Å²) < 4.78 is 26.9. The van der Waals surface area contributed by atoms with E-state index in [1.165, 1.54) is 6.92 Å². The maximum atomic E-state index is 13.4. The number of rotatable bonds is 4. The molecule has 5 heteroatoms. The van der Waals surface area contributed by atoms with Gasteiger partial charge in [0.1, 0.15) is 17.9 Å². The van der Waals surface area contributed by atoms with Crippen LogP contribution in [0.4, 0.5) is 8.78 Å². The summed E-state index contributed by atoms with van der Waals surface area (Å²) in [7, 11) is 0. The van der Waals surface area contributed by atoms with Crippen molar-refractivity contribution in [3.05, 3.63) is 34.9 Å². The smallest absolute Gasteiger partial charge is 0.335 e. The van der Waals surface area contributed by atoms with Crippen molar-refractivity contribution in [3.8, 4) is 0 Å². The number of carbonyl (C=O) groups is 2. The Bertz CT molecular complexity index is 406. The number of hydrogen-bond acceptors (Lipinski definition) is 2. The minimum absolute atomic E-state index is 0.0136. The highest BCUT2D eigenvalue weighted by atomic mass is 19.1. The zero-order valence-corrected chi connectivity index (χ0v) is 8.54. The van der Waals surface area contributed by atoms with E-state index in [4.69, 9.17) is 5.11 Å². The quantitative estimate of drug-likeness (QED) is 0.805. The molecule has 1 aromatic rings. The van der Waals surface area contributed by atoms with E-state index < -0.39 is 29.1 Å². The molecule has 0 radical (unpaired) electrons. The third-order valence-electron chi connectivity index (χ3n) is 2.27. The lowest BCUT2D eigenvalue weighted by Gasteiger charge is -2.11. The van der Waals surface area contributed by atoms with Crippen molar-refractivity contribution in [1.82, 2.24) is 0 Å². The normalized spacial score (nSPS) is 12.2. The fourth-order valence-corrected chi connectivity index (χ4v) is 1.44. The molecule has 1 N–H and O–H groups in total. The number of hydrogen-bond donors (Lipinski definition) is 1. The van der Waals surface area contributed by atoms with Crippen LogP contribution < -0.4 is 0 Å². The molecule has 0 aliphatic heterocycles. The van der Waals surface area contributed by atoms with Crippen molar-refractivity contribution in [2.24, 2.45) is 0 Å². The summed E-state index contributed by atoms with van der Waals surface area (Å²) in [5.74, 6) is -3.88. The third kappa shape index (κ3) is 2.42. The summed E-state index contributed by atoms with van der Waals surface area (Å²) in [6.45, 7) is 1.50. The van der Waals surface area contributed by atoms with Crippen LogP contribution in [-0.2, 0) is 4.79 Å². The maximum absolute atomic E-state index is 13.4. The largest absolute Gasteiger partial charge is 0.478 e. The van der Waals surface area contributed by atoms with Crippen molar-refractivity contribution < 1.29 is 23.5 Å². The Labute approximate surface area is 90.7 Å². The molecule has 0 saturated heterocycles. The second-order valence-corrected chi connectivity index (χ2v) is 3.46. The topological polar surface area (TPSA) is 54.4 Å². The Balaban J connectivity index is 3.21. The standard InChI is InChI=1S/C11H10F2O3/c1-6(2-3-14)10-8(12)4-7(11(15)16)5-9(10)13/h3-6H,2H2,1H3,(H,15,16). The summed E-state index contributed by atoms with van der Waals surface area (Å²) in [5, 5.41) is 8.58. The highest BCUT2D eigenvalue weighted by Gasteiger charge is 2.19. The summed E-state index contributed by atoms with van der Waals surface area (Å²) in [6.07, 6.45) is 0.551.